The van der Waals surface area contributed by atoms with Crippen molar-refractivity contribution >= 4 is 21.4 Å². The molecule has 1 heterocycles. The number of nitrogens with two attached hydrogens (primary N) is 1. The van der Waals surface area contributed by atoms with E-state index in [1.165, 1.54) is 0 Å². The number of nitrogen functional groups attached to an aromatic ring is 1. The van der Waals surface area contributed by atoms with E-state index in [1.807, 2.05) is 19.0 Å². The van der Waals surface area contributed by atoms with Gasteiger partial charge in [-0.05, 0) is 37.0 Å². The predicted octanol–water partition coefficient (Wildman–Crippen LogP) is 1.76. The van der Waals surface area contributed by atoms with Gasteiger partial charge < -0.3 is 10.6 Å². The van der Waals surface area contributed by atoms with Crippen LogP contribution in [-0.2, 0) is 10.0 Å². The summed E-state index contributed by atoms with van der Waals surface area (Å²) in [5, 5.41) is 0. The van der Waals surface area contributed by atoms with Crippen molar-refractivity contribution in [1.29, 1.82) is 0 Å². The van der Waals surface area contributed by atoms with Crippen molar-refractivity contribution in [1.82, 2.24) is 4.31 Å². The minimum absolute atomic E-state index is 0.287. The molecule has 1 saturated heterocycles. The van der Waals surface area contributed by atoms with Crippen molar-refractivity contribution in [3.63, 3.8) is 0 Å². The molecule has 0 amide bonds. The Kier molecular flexibility index (Phi) is 4.25. The first kappa shape index (κ1) is 15.1. The molecule has 0 atom stereocenters. The van der Waals surface area contributed by atoms with Gasteiger partial charge in [0.15, 0.2) is 0 Å². The van der Waals surface area contributed by atoms with Crippen LogP contribution < -0.4 is 10.6 Å². The summed E-state index contributed by atoms with van der Waals surface area (Å²) in [6.07, 6.45) is 1.84. The molecular formula is C14H23N3O2S. The molecule has 1 fully saturated rings. The molecule has 0 aromatic heterocycles. The molecule has 0 unspecified atom stereocenters. The van der Waals surface area contributed by atoms with Gasteiger partial charge >= 0.3 is 0 Å². The van der Waals surface area contributed by atoms with Crippen LogP contribution in [0.2, 0.25) is 0 Å². The summed E-state index contributed by atoms with van der Waals surface area (Å²) in [7, 11) is 0.346. The van der Waals surface area contributed by atoms with E-state index < -0.39 is 10.0 Å². The Hall–Kier alpha value is -1.27. The first-order chi connectivity index (χ1) is 9.32. The normalized spacial score (nSPS) is 18.1. The number of rotatable bonds is 3. The summed E-state index contributed by atoms with van der Waals surface area (Å²) >= 11 is 0. The molecule has 1 aliphatic rings. The molecule has 1 aliphatic heterocycles. The van der Waals surface area contributed by atoms with Gasteiger partial charge in [-0.2, -0.15) is 4.31 Å². The highest BCUT2D eigenvalue weighted by Gasteiger charge is 2.28. The largest absolute Gasteiger partial charge is 0.397 e. The molecule has 2 N–H and O–H groups in total. The van der Waals surface area contributed by atoms with Crippen molar-refractivity contribution < 1.29 is 8.42 Å². The second-order valence-electron chi connectivity index (χ2n) is 5.70. The molecule has 2 rings (SSSR count). The number of anilines is 2. The van der Waals surface area contributed by atoms with Gasteiger partial charge in [-0.3, -0.25) is 0 Å². The number of hydrogen-bond donors (Lipinski definition) is 1. The van der Waals surface area contributed by atoms with Crippen molar-refractivity contribution in [2.45, 2.75) is 24.7 Å². The highest BCUT2D eigenvalue weighted by Crippen LogP contribution is 2.28. The Labute approximate surface area is 121 Å². The lowest BCUT2D eigenvalue weighted by Crippen LogP contribution is -2.37. The van der Waals surface area contributed by atoms with Gasteiger partial charge in [0.2, 0.25) is 10.0 Å². The van der Waals surface area contributed by atoms with Crippen LogP contribution in [0.15, 0.2) is 23.1 Å². The first-order valence-electron chi connectivity index (χ1n) is 6.89. The van der Waals surface area contributed by atoms with Crippen LogP contribution in [0.3, 0.4) is 0 Å². The third-order valence-corrected chi connectivity index (χ3v) is 5.76. The van der Waals surface area contributed by atoms with Crippen LogP contribution in [-0.4, -0.2) is 39.9 Å². The number of nitrogens with zero attached hydrogens (tertiary/aromatic N) is 2. The zero-order chi connectivity index (χ0) is 14.9. The molecule has 6 heteroatoms. The van der Waals surface area contributed by atoms with Crippen molar-refractivity contribution in [3.8, 4) is 0 Å². The minimum Gasteiger partial charge on any atom is -0.397 e. The van der Waals surface area contributed by atoms with Gasteiger partial charge in [-0.25, -0.2) is 8.42 Å². The third-order valence-electron chi connectivity index (χ3n) is 3.86. The first-order valence-corrected chi connectivity index (χ1v) is 8.33. The molecule has 0 spiro atoms. The highest BCUT2D eigenvalue weighted by atomic mass is 32.2. The topological polar surface area (TPSA) is 66.6 Å². The zero-order valence-corrected chi connectivity index (χ0v) is 13.2. The van der Waals surface area contributed by atoms with Crippen molar-refractivity contribution in [2.75, 3.05) is 37.8 Å². The Bertz CT molecular complexity index is 576. The van der Waals surface area contributed by atoms with E-state index >= 15 is 0 Å². The van der Waals surface area contributed by atoms with Gasteiger partial charge in [0.25, 0.3) is 0 Å². The SMILES string of the molecule is CC1CCN(S(=O)(=O)c2ccc(N(C)C)c(N)c2)CC1. The number of piperidine rings is 1. The van der Waals surface area contributed by atoms with E-state index in [4.69, 9.17) is 5.73 Å². The van der Waals surface area contributed by atoms with Gasteiger partial charge in [0.05, 0.1) is 16.3 Å². The summed E-state index contributed by atoms with van der Waals surface area (Å²) in [4.78, 5) is 2.16. The maximum Gasteiger partial charge on any atom is 0.243 e. The molecular weight excluding hydrogens is 274 g/mol. The fourth-order valence-electron chi connectivity index (χ4n) is 2.47. The van der Waals surface area contributed by atoms with E-state index in [9.17, 15) is 8.42 Å². The average Bonchev–Trinajstić information content (AvgIpc) is 2.38. The van der Waals surface area contributed by atoms with E-state index in [0.717, 1.165) is 18.5 Å². The van der Waals surface area contributed by atoms with Gasteiger partial charge in [-0.1, -0.05) is 6.92 Å². The molecule has 5 nitrogen and oxygen atoms in total. The van der Waals surface area contributed by atoms with E-state index in [0.29, 0.717) is 24.7 Å². The lowest BCUT2D eigenvalue weighted by atomic mass is 10.0. The summed E-state index contributed by atoms with van der Waals surface area (Å²) < 4.78 is 26.7. The number of sulfonamides is 1. The Morgan fingerprint density at radius 2 is 1.85 bits per heavy atom. The Balaban J connectivity index is 2.28. The fraction of sp³-hybridized carbons (Fsp3) is 0.571. The zero-order valence-electron chi connectivity index (χ0n) is 12.3. The predicted molar refractivity (Wildman–Crippen MR) is 82.3 cm³/mol. The summed E-state index contributed by atoms with van der Waals surface area (Å²) in [6, 6.07) is 4.95. The van der Waals surface area contributed by atoms with Gasteiger partial charge in [0, 0.05) is 27.2 Å². The molecule has 0 radical (unpaired) electrons. The second-order valence-corrected chi connectivity index (χ2v) is 7.64. The number of hydrogen-bond acceptors (Lipinski definition) is 4. The lowest BCUT2D eigenvalue weighted by Gasteiger charge is -2.29. The summed E-state index contributed by atoms with van der Waals surface area (Å²) in [6.45, 7) is 3.35. The molecule has 1 aromatic carbocycles. The van der Waals surface area contributed by atoms with Crippen LogP contribution in [0.1, 0.15) is 19.8 Å². The molecule has 0 saturated carbocycles. The Morgan fingerprint density at radius 3 is 2.35 bits per heavy atom. The van der Waals surface area contributed by atoms with Gasteiger partial charge in [0.1, 0.15) is 0 Å². The molecule has 0 aliphatic carbocycles. The second kappa shape index (κ2) is 5.61. The van der Waals surface area contributed by atoms with Crippen LogP contribution >= 0.6 is 0 Å². The van der Waals surface area contributed by atoms with E-state index in [1.54, 1.807) is 22.5 Å². The summed E-state index contributed by atoms with van der Waals surface area (Å²) in [5.74, 6) is 0.600. The standard InChI is InChI=1S/C14H23N3O2S/c1-11-6-8-17(9-7-11)20(18,19)12-4-5-14(16(2)3)13(15)10-12/h4-5,10-11H,6-9,15H2,1-3H3. The molecule has 1 aromatic rings. The lowest BCUT2D eigenvalue weighted by molar-refractivity contribution is 0.288. The maximum absolute atomic E-state index is 12.6. The Morgan fingerprint density at radius 1 is 1.25 bits per heavy atom. The van der Waals surface area contributed by atoms with E-state index in [-0.39, 0.29) is 4.90 Å². The monoisotopic (exact) mass is 297 g/mol. The number of benzene rings is 1. The average molecular weight is 297 g/mol. The van der Waals surface area contributed by atoms with Crippen molar-refractivity contribution in [3.05, 3.63) is 18.2 Å². The highest BCUT2D eigenvalue weighted by molar-refractivity contribution is 7.89. The van der Waals surface area contributed by atoms with Crippen LogP contribution in [0.4, 0.5) is 11.4 Å². The molecule has 112 valence electrons. The van der Waals surface area contributed by atoms with E-state index in [2.05, 4.69) is 6.92 Å². The fourth-order valence-corrected chi connectivity index (χ4v) is 3.98. The van der Waals surface area contributed by atoms with Crippen molar-refractivity contribution in [2.24, 2.45) is 5.92 Å². The smallest absolute Gasteiger partial charge is 0.243 e. The van der Waals surface area contributed by atoms with Crippen LogP contribution in [0, 0.1) is 5.92 Å². The molecule has 20 heavy (non-hydrogen) atoms. The van der Waals surface area contributed by atoms with Crippen LogP contribution in [0.5, 0.6) is 0 Å². The quantitative estimate of drug-likeness (QED) is 0.863. The third kappa shape index (κ3) is 2.91. The maximum atomic E-state index is 12.6. The van der Waals surface area contributed by atoms with Gasteiger partial charge in [-0.15, -0.1) is 0 Å². The van der Waals surface area contributed by atoms with Crippen LogP contribution in [0.25, 0.3) is 0 Å². The molecule has 0 bridgehead atoms. The summed E-state index contributed by atoms with van der Waals surface area (Å²) in [5.41, 5.74) is 7.26. The minimum atomic E-state index is -3.42.